The van der Waals surface area contributed by atoms with Crippen molar-refractivity contribution in [2.24, 2.45) is 0 Å². The molecule has 0 heterocycles. The molecule has 8 heteroatoms. The summed E-state index contributed by atoms with van der Waals surface area (Å²) in [5.41, 5.74) is 0. The van der Waals surface area contributed by atoms with E-state index in [-0.39, 0.29) is 98.4 Å². The zero-order chi connectivity index (χ0) is 14.0. The van der Waals surface area contributed by atoms with Crippen LogP contribution in [0.5, 0.6) is 0 Å². The van der Waals surface area contributed by atoms with Crippen LogP contribution in [0.3, 0.4) is 0 Å². The first-order valence-electron chi connectivity index (χ1n) is 6.24. The fourth-order valence-electron chi connectivity index (χ4n) is 1.31. The normalized spacial score (nSPS) is 10.6. The standard InChI is InChI=1S/C10H18N2O4.2Ra.2H/c1-3-15-9(13)5-7-11-12-8-6-10(14)16-4-2;;;;/h3-8H2,1-2H3;;;;/q-2;2*+1;;. The van der Waals surface area contributed by atoms with Crippen molar-refractivity contribution in [1.29, 1.82) is 0 Å². The first kappa shape index (κ1) is 19.8. The average molecular weight is 684 g/mol. The molecule has 0 aromatic carbocycles. The summed E-state index contributed by atoms with van der Waals surface area (Å²) in [6.07, 6.45) is 0.871. The molecule has 0 aromatic rings. The van der Waals surface area contributed by atoms with Crippen LogP contribution < -0.4 is 0 Å². The topological polar surface area (TPSA) is 59.1 Å². The maximum atomic E-state index is 11.2. The molecule has 0 saturated carbocycles. The van der Waals surface area contributed by atoms with Crippen molar-refractivity contribution in [1.82, 2.24) is 1.08 Å². The number of hydrogen-bond acceptors (Lipinski definition) is 6. The van der Waals surface area contributed by atoms with Crippen molar-refractivity contribution >= 4 is 11.9 Å². The molecule has 0 amide bonds. The van der Waals surface area contributed by atoms with Gasteiger partial charge in [-0.05, 0) is 0 Å². The molecule has 0 atom stereocenters. The minimum absolute atomic E-state index is 0.143. The molecular weight excluding hydrogens is 664 g/mol. The number of nitrogens with zero attached hydrogens (tertiary/aromatic N) is 2. The molecule has 0 rings (SSSR count). The number of carbonyl (C=O) groups is 2. The first-order chi connectivity index (χ1) is 8.51. The van der Waals surface area contributed by atoms with Crippen LogP contribution in [0.4, 0.5) is 0 Å². The average Bonchev–Trinajstić information content (AvgIpc) is 2.33. The summed E-state index contributed by atoms with van der Waals surface area (Å²) in [7, 11) is 0. The molecule has 0 bridgehead atoms. The van der Waals surface area contributed by atoms with Gasteiger partial charge in [0.25, 0.3) is 0 Å². The van der Waals surface area contributed by atoms with Crippen molar-refractivity contribution in [3.05, 3.63) is 0 Å². The van der Waals surface area contributed by atoms with Crippen LogP contribution >= 0.6 is 0 Å². The second-order valence-electron chi connectivity index (χ2n) is 3.87. The maximum absolute atomic E-state index is 11.2. The summed E-state index contributed by atoms with van der Waals surface area (Å²) in [6.45, 7) is 5.95. The molecule has 6 nitrogen and oxygen atoms in total. The van der Waals surface area contributed by atoms with Crippen molar-refractivity contribution in [3.8, 4) is 0 Å². The summed E-state index contributed by atoms with van der Waals surface area (Å²) in [5.74, 6) is -0.286. The number of ether oxygens (including phenoxy) is 2. The number of hydrazine groups is 1. The first-order valence-corrected chi connectivity index (χ1v) is 13.6. The summed E-state index contributed by atoms with van der Waals surface area (Å²) in [6, 6.07) is 0. The molecule has 0 unspecified atom stereocenters. The fraction of sp³-hybridized carbons (Fsp3) is 0.800. The molecular formula is C10H20N2O4Ra2. The third-order valence-corrected chi connectivity index (χ3v) is 25.3. The van der Waals surface area contributed by atoms with Crippen LogP contribution in [0.15, 0.2) is 0 Å². The van der Waals surface area contributed by atoms with E-state index in [2.05, 4.69) is 1.08 Å². The quantitative estimate of drug-likeness (QED) is 0.248. The summed E-state index contributed by atoms with van der Waals surface area (Å²) >= 11 is 0.305. The zero-order valence-electron chi connectivity index (χ0n) is 11.8. The zero-order valence-corrected chi connectivity index (χ0v) is 28.2. The summed E-state index contributed by atoms with van der Waals surface area (Å²) < 4.78 is 14.2. The predicted octanol–water partition coefficient (Wildman–Crippen LogP) is -0.195. The summed E-state index contributed by atoms with van der Waals surface area (Å²) in [5, 5.41) is 0. The van der Waals surface area contributed by atoms with Crippen LogP contribution in [0.25, 0.3) is 0 Å². The second kappa shape index (κ2) is 12.5. The minimum atomic E-state index is -0.143. The van der Waals surface area contributed by atoms with E-state index in [1.807, 2.05) is 13.8 Å². The van der Waals surface area contributed by atoms with Crippen molar-refractivity contribution in [2.45, 2.75) is 26.7 Å². The van der Waals surface area contributed by atoms with Gasteiger partial charge in [0.05, 0.1) is 0 Å². The van der Waals surface area contributed by atoms with Gasteiger partial charge in [-0.25, -0.2) is 0 Å². The third-order valence-electron chi connectivity index (χ3n) is 2.47. The Kier molecular flexibility index (Phi) is 13.8. The molecule has 0 radical (unpaired) electrons. The Hall–Kier alpha value is 1.80. The van der Waals surface area contributed by atoms with Crippen molar-refractivity contribution in [2.75, 3.05) is 26.3 Å². The number of carbonyl (C=O) groups excluding carboxylic acids is 2. The summed E-state index contributed by atoms with van der Waals surface area (Å²) in [4.78, 5) is 22.4. The van der Waals surface area contributed by atoms with Gasteiger partial charge in [-0.3, -0.25) is 0 Å². The Labute approximate surface area is 168 Å². The van der Waals surface area contributed by atoms with Gasteiger partial charge < -0.3 is 0 Å². The van der Waals surface area contributed by atoms with E-state index in [0.717, 1.165) is 13.1 Å². The molecule has 0 spiro atoms. The molecule has 0 saturated heterocycles. The Morgan fingerprint density at radius 1 is 0.889 bits per heavy atom. The molecule has 18 heavy (non-hydrogen) atoms. The van der Waals surface area contributed by atoms with Gasteiger partial charge in [-0.2, -0.15) is 0 Å². The monoisotopic (exact) mass is 684 g/mol. The Morgan fingerprint density at radius 2 is 1.22 bits per heavy atom. The van der Waals surface area contributed by atoms with Crippen LogP contribution in [0.2, 0.25) is 0 Å². The number of hydrogen-bond donors (Lipinski definition) is 0. The third kappa shape index (κ3) is 10.6. The van der Waals surface area contributed by atoms with Crippen molar-refractivity contribution < 1.29 is 105 Å². The van der Waals surface area contributed by atoms with Gasteiger partial charge in [0, 0.05) is 0 Å². The van der Waals surface area contributed by atoms with E-state index in [1.54, 1.807) is 0 Å². The van der Waals surface area contributed by atoms with Crippen LogP contribution in [0.1, 0.15) is 26.7 Å². The molecule has 0 fully saturated rings. The van der Waals surface area contributed by atoms with Gasteiger partial charge in [-0.15, -0.1) is 0 Å². The second-order valence-corrected chi connectivity index (χ2v) is 12.4. The Morgan fingerprint density at radius 3 is 1.50 bits per heavy atom. The molecule has 98 valence electrons. The molecule has 0 N–H and O–H groups in total. The van der Waals surface area contributed by atoms with Crippen LogP contribution in [0, 0.1) is 86.4 Å². The van der Waals surface area contributed by atoms with Gasteiger partial charge in [0.15, 0.2) is 0 Å². The Bertz CT molecular complexity index is 240. The van der Waals surface area contributed by atoms with E-state index < -0.39 is 0 Å². The SMILES string of the molecule is CCOC(=O)CC[N]([RaH])[N]([RaH])CCC(=O)OCC. The molecule has 0 aliphatic heterocycles. The van der Waals surface area contributed by atoms with Crippen LogP contribution in [-0.2, 0) is 19.1 Å². The number of rotatable bonds is 9. The van der Waals surface area contributed by atoms with Gasteiger partial charge in [-0.1, -0.05) is 0 Å². The Balaban J connectivity index is 3.78. The van der Waals surface area contributed by atoms with Crippen LogP contribution in [-0.4, -0.2) is 39.3 Å². The molecule has 0 aliphatic rings. The van der Waals surface area contributed by atoms with E-state index in [4.69, 9.17) is 9.47 Å². The van der Waals surface area contributed by atoms with E-state index in [0.29, 0.717) is 26.1 Å². The van der Waals surface area contributed by atoms with Crippen molar-refractivity contribution in [3.63, 3.8) is 0 Å². The van der Waals surface area contributed by atoms with E-state index >= 15 is 0 Å². The molecule has 0 aliphatic carbocycles. The van der Waals surface area contributed by atoms with Gasteiger partial charge in [0.1, 0.15) is 0 Å². The van der Waals surface area contributed by atoms with Gasteiger partial charge >= 0.3 is 171 Å². The van der Waals surface area contributed by atoms with Gasteiger partial charge in [0.2, 0.25) is 0 Å². The van der Waals surface area contributed by atoms with E-state index in [1.165, 1.54) is 0 Å². The molecule has 0 aromatic heterocycles. The fourth-order valence-corrected chi connectivity index (χ4v) is 4.80. The predicted molar refractivity (Wildman–Crippen MR) is 58.7 cm³/mol. The number of esters is 2. The van der Waals surface area contributed by atoms with E-state index in [9.17, 15) is 9.59 Å².